The molecule has 2 heterocycles. The maximum absolute atomic E-state index is 12.0. The molecular formula is C18H17N3O3S. The molecule has 1 aromatic carbocycles. The first-order valence-electron chi connectivity index (χ1n) is 7.84. The fourth-order valence-electron chi connectivity index (χ4n) is 2.18. The van der Waals surface area contributed by atoms with Gasteiger partial charge in [-0.05, 0) is 36.8 Å². The largest absolute Gasteiger partial charge is 0.462 e. The number of thiazole rings is 1. The molecule has 2 aromatic heterocycles. The monoisotopic (exact) mass is 355 g/mol. The fourth-order valence-corrected chi connectivity index (χ4v) is 2.88. The van der Waals surface area contributed by atoms with E-state index in [0.717, 1.165) is 17.1 Å². The molecule has 7 heteroatoms. The summed E-state index contributed by atoms with van der Waals surface area (Å²) in [5.74, 6) is -0.619. The summed E-state index contributed by atoms with van der Waals surface area (Å²) < 4.78 is 6.97. The number of hydrogen-bond donors (Lipinski definition) is 1. The minimum Gasteiger partial charge on any atom is -0.462 e. The molecule has 3 rings (SSSR count). The molecule has 0 spiro atoms. The molecular weight excluding hydrogens is 338 g/mol. The number of rotatable bonds is 6. The topological polar surface area (TPSA) is 72.7 Å². The van der Waals surface area contributed by atoms with E-state index in [1.807, 2.05) is 22.9 Å². The van der Waals surface area contributed by atoms with Crippen molar-refractivity contribution in [1.29, 1.82) is 0 Å². The zero-order chi connectivity index (χ0) is 17.6. The summed E-state index contributed by atoms with van der Waals surface area (Å²) >= 11 is 1.53. The average molecular weight is 355 g/mol. The Morgan fingerprint density at radius 1 is 1.32 bits per heavy atom. The molecule has 0 atom stereocenters. The number of carbonyl (C=O) groups is 2. The van der Waals surface area contributed by atoms with Crippen LogP contribution in [0.3, 0.4) is 0 Å². The quantitative estimate of drug-likeness (QED) is 0.541. The Morgan fingerprint density at radius 2 is 2.12 bits per heavy atom. The Kier molecular flexibility index (Phi) is 5.25. The van der Waals surface area contributed by atoms with E-state index in [0.29, 0.717) is 17.9 Å². The fraction of sp³-hybridized carbons (Fsp3) is 0.167. The smallest absolute Gasteiger partial charge is 0.338 e. The van der Waals surface area contributed by atoms with E-state index in [-0.39, 0.29) is 11.9 Å². The van der Waals surface area contributed by atoms with E-state index in [4.69, 9.17) is 4.74 Å². The number of benzene rings is 1. The average Bonchev–Trinajstić information content (AvgIpc) is 3.22. The van der Waals surface area contributed by atoms with Gasteiger partial charge in [0.15, 0.2) is 4.96 Å². The van der Waals surface area contributed by atoms with Gasteiger partial charge in [0.25, 0.3) is 0 Å². The van der Waals surface area contributed by atoms with Gasteiger partial charge < -0.3 is 10.1 Å². The second-order valence-electron chi connectivity index (χ2n) is 5.27. The Hall–Kier alpha value is -2.93. The lowest BCUT2D eigenvalue weighted by atomic mass is 10.2. The van der Waals surface area contributed by atoms with Gasteiger partial charge in [-0.25, -0.2) is 9.78 Å². The van der Waals surface area contributed by atoms with Gasteiger partial charge in [-0.15, -0.1) is 11.3 Å². The SMILES string of the molecule is CCCOC(=O)c1ccc(NC(=O)/C=C/c2cnc3sccn23)cc1. The lowest BCUT2D eigenvalue weighted by Crippen LogP contribution is -2.09. The van der Waals surface area contributed by atoms with Gasteiger partial charge in [0.2, 0.25) is 5.91 Å². The highest BCUT2D eigenvalue weighted by molar-refractivity contribution is 7.15. The zero-order valence-electron chi connectivity index (χ0n) is 13.6. The number of amides is 1. The van der Waals surface area contributed by atoms with Crippen molar-refractivity contribution < 1.29 is 14.3 Å². The minimum atomic E-state index is -0.361. The molecule has 128 valence electrons. The number of imidazole rings is 1. The molecule has 0 bridgehead atoms. The summed E-state index contributed by atoms with van der Waals surface area (Å²) in [6.45, 7) is 2.33. The number of esters is 1. The van der Waals surface area contributed by atoms with Gasteiger partial charge >= 0.3 is 5.97 Å². The molecule has 0 aliphatic heterocycles. The highest BCUT2D eigenvalue weighted by atomic mass is 32.1. The number of aromatic nitrogens is 2. The molecule has 0 fully saturated rings. The molecule has 1 N–H and O–H groups in total. The van der Waals surface area contributed by atoms with Gasteiger partial charge in [0.05, 0.1) is 24.1 Å². The highest BCUT2D eigenvalue weighted by Crippen LogP contribution is 2.14. The first-order chi connectivity index (χ1) is 12.2. The molecule has 25 heavy (non-hydrogen) atoms. The second-order valence-corrected chi connectivity index (χ2v) is 6.15. The summed E-state index contributed by atoms with van der Waals surface area (Å²) in [6, 6.07) is 6.60. The lowest BCUT2D eigenvalue weighted by molar-refractivity contribution is -0.111. The van der Waals surface area contributed by atoms with Crippen molar-refractivity contribution in [1.82, 2.24) is 9.38 Å². The van der Waals surface area contributed by atoms with Crippen molar-refractivity contribution in [3.8, 4) is 0 Å². The van der Waals surface area contributed by atoms with Gasteiger partial charge in [0, 0.05) is 23.3 Å². The van der Waals surface area contributed by atoms with Crippen LogP contribution >= 0.6 is 11.3 Å². The van der Waals surface area contributed by atoms with E-state index in [1.54, 1.807) is 36.5 Å². The molecule has 0 radical (unpaired) electrons. The third-order valence-electron chi connectivity index (χ3n) is 3.41. The Balaban J connectivity index is 1.60. The number of anilines is 1. The standard InChI is InChI=1S/C18H17N3O3S/c1-2-10-24-17(23)13-3-5-14(6-4-13)20-16(22)8-7-15-12-19-18-21(15)9-11-25-18/h3-9,11-12H,2,10H2,1H3,(H,20,22)/b8-7+. The van der Waals surface area contributed by atoms with Crippen LogP contribution in [0.2, 0.25) is 0 Å². The van der Waals surface area contributed by atoms with Crippen LogP contribution in [0.5, 0.6) is 0 Å². The van der Waals surface area contributed by atoms with Crippen molar-refractivity contribution >= 4 is 39.9 Å². The number of ether oxygens (including phenoxy) is 1. The third-order valence-corrected chi connectivity index (χ3v) is 4.18. The Morgan fingerprint density at radius 3 is 2.88 bits per heavy atom. The van der Waals surface area contributed by atoms with Crippen molar-refractivity contribution in [2.45, 2.75) is 13.3 Å². The van der Waals surface area contributed by atoms with Crippen LogP contribution in [0.4, 0.5) is 5.69 Å². The molecule has 0 aliphatic rings. The van der Waals surface area contributed by atoms with Crippen LogP contribution in [0.1, 0.15) is 29.4 Å². The van der Waals surface area contributed by atoms with Crippen LogP contribution in [0, 0.1) is 0 Å². The predicted octanol–water partition coefficient (Wildman–Crippen LogP) is 3.61. The maximum Gasteiger partial charge on any atom is 0.338 e. The number of hydrogen-bond acceptors (Lipinski definition) is 5. The van der Waals surface area contributed by atoms with E-state index in [2.05, 4.69) is 10.3 Å². The molecule has 0 saturated carbocycles. The van der Waals surface area contributed by atoms with Crippen molar-refractivity contribution in [2.24, 2.45) is 0 Å². The van der Waals surface area contributed by atoms with Gasteiger partial charge in [-0.1, -0.05) is 6.92 Å². The number of nitrogens with one attached hydrogen (secondary N) is 1. The van der Waals surface area contributed by atoms with E-state index < -0.39 is 0 Å². The number of nitrogens with zero attached hydrogens (tertiary/aromatic N) is 2. The van der Waals surface area contributed by atoms with Crippen molar-refractivity contribution in [3.05, 3.63) is 59.4 Å². The van der Waals surface area contributed by atoms with Crippen LogP contribution in [0.15, 0.2) is 48.1 Å². The van der Waals surface area contributed by atoms with Crippen LogP contribution < -0.4 is 5.32 Å². The summed E-state index contributed by atoms with van der Waals surface area (Å²) in [5.41, 5.74) is 1.90. The first-order valence-corrected chi connectivity index (χ1v) is 8.72. The first kappa shape index (κ1) is 16.9. The van der Waals surface area contributed by atoms with Gasteiger partial charge in [0.1, 0.15) is 0 Å². The number of carbonyl (C=O) groups excluding carboxylic acids is 2. The highest BCUT2D eigenvalue weighted by Gasteiger charge is 2.07. The molecule has 0 saturated heterocycles. The predicted molar refractivity (Wildman–Crippen MR) is 97.7 cm³/mol. The molecule has 0 aliphatic carbocycles. The van der Waals surface area contributed by atoms with Crippen molar-refractivity contribution in [2.75, 3.05) is 11.9 Å². The van der Waals surface area contributed by atoms with E-state index in [1.165, 1.54) is 17.4 Å². The third kappa shape index (κ3) is 4.13. The second kappa shape index (κ2) is 7.76. The summed E-state index contributed by atoms with van der Waals surface area (Å²) in [4.78, 5) is 28.9. The normalized spacial score (nSPS) is 11.1. The molecule has 0 unspecified atom stereocenters. The maximum atomic E-state index is 12.0. The minimum absolute atomic E-state index is 0.258. The van der Waals surface area contributed by atoms with E-state index >= 15 is 0 Å². The Bertz CT molecular complexity index is 909. The van der Waals surface area contributed by atoms with Gasteiger partial charge in [-0.3, -0.25) is 9.20 Å². The Labute approximate surface area is 148 Å². The lowest BCUT2D eigenvalue weighted by Gasteiger charge is -2.05. The molecule has 6 nitrogen and oxygen atoms in total. The van der Waals surface area contributed by atoms with E-state index in [9.17, 15) is 9.59 Å². The van der Waals surface area contributed by atoms with Gasteiger partial charge in [-0.2, -0.15) is 0 Å². The molecule has 1 amide bonds. The van der Waals surface area contributed by atoms with Crippen LogP contribution in [-0.4, -0.2) is 27.9 Å². The summed E-state index contributed by atoms with van der Waals surface area (Å²) in [7, 11) is 0. The number of fused-ring (bicyclic) bond motifs is 1. The van der Waals surface area contributed by atoms with Crippen LogP contribution in [-0.2, 0) is 9.53 Å². The molecule has 3 aromatic rings. The summed E-state index contributed by atoms with van der Waals surface area (Å²) in [6.07, 6.45) is 7.55. The van der Waals surface area contributed by atoms with Crippen molar-refractivity contribution in [3.63, 3.8) is 0 Å². The zero-order valence-corrected chi connectivity index (χ0v) is 14.5. The summed E-state index contributed by atoms with van der Waals surface area (Å²) in [5, 5.41) is 4.69. The van der Waals surface area contributed by atoms with Crippen LogP contribution in [0.25, 0.3) is 11.0 Å².